The van der Waals surface area contributed by atoms with Crippen LogP contribution >= 0.6 is 0 Å². The molecule has 12 aromatic rings. The normalized spacial score (nSPS) is 14.2. The van der Waals surface area contributed by atoms with Crippen molar-refractivity contribution in [2.45, 2.75) is 0 Å². The molecule has 1 N–H and O–H groups in total. The van der Waals surface area contributed by atoms with E-state index in [1.165, 1.54) is 102 Å². The molecule has 14 rings (SSSR count). The van der Waals surface area contributed by atoms with Gasteiger partial charge in [0.25, 0.3) is 0 Å². The van der Waals surface area contributed by atoms with Gasteiger partial charge in [-0.2, -0.15) is 0 Å². The number of hydrogen-bond donors (Lipinski definition) is 1. The summed E-state index contributed by atoms with van der Waals surface area (Å²) in [5.74, 6) is 0. The summed E-state index contributed by atoms with van der Waals surface area (Å²) in [6.45, 7) is 0. The van der Waals surface area contributed by atoms with Crippen molar-refractivity contribution in [1.82, 2.24) is 9.55 Å². The predicted molar refractivity (Wildman–Crippen MR) is 275 cm³/mol. The average Bonchev–Trinajstić information content (AvgIpc) is 4.09. The summed E-state index contributed by atoms with van der Waals surface area (Å²) in [5, 5.41) is 16.6. The number of rotatable bonds is 5. The number of H-pyrrole nitrogens is 1. The lowest BCUT2D eigenvalue weighted by atomic mass is 10.1. The molecule has 10 aromatic carbocycles. The van der Waals surface area contributed by atoms with E-state index in [-0.39, 0.29) is 0 Å². The maximum absolute atomic E-state index is 4.06. The van der Waals surface area contributed by atoms with Crippen LogP contribution in [0.25, 0.3) is 71.6 Å². The van der Waals surface area contributed by atoms with Gasteiger partial charge in [-0.25, -0.2) is 0 Å². The molecule has 0 bridgehead atoms. The van der Waals surface area contributed by atoms with E-state index in [4.69, 9.17) is 0 Å². The van der Waals surface area contributed by atoms with Crippen LogP contribution in [0.4, 0.5) is 0 Å². The standard InChI is InChI=1S/C60H40N2Si2/c1-4-18-40(19-5-1)62-53-36-33-44(64(42-22-8-3-9-23-42)57-30-16-12-26-47(57)48-27-13-17-31-58(48)64)39-51(53)59-54(62)37-34-49-50-38-43(32-35-52(50)61-60(49)59)63(41-20-6-2-7-21-41)55-28-14-10-24-45(55)46-25-11-15-29-56(46)63/h1-39,61H. The Kier molecular flexibility index (Phi) is 7.48. The first-order valence-electron chi connectivity index (χ1n) is 22.3. The minimum absolute atomic E-state index is 1.16. The first-order chi connectivity index (χ1) is 31.8. The number of fused-ring (bicyclic) bond motifs is 13. The van der Waals surface area contributed by atoms with E-state index in [1.807, 2.05) is 0 Å². The molecule has 0 saturated heterocycles. The number of aromatic nitrogens is 2. The zero-order chi connectivity index (χ0) is 42.0. The van der Waals surface area contributed by atoms with Gasteiger partial charge in [0.05, 0.1) is 16.6 Å². The van der Waals surface area contributed by atoms with Gasteiger partial charge in [-0.05, 0) is 94.1 Å². The topological polar surface area (TPSA) is 20.7 Å². The Labute approximate surface area is 373 Å². The Balaban J connectivity index is 1.08. The molecule has 0 saturated carbocycles. The van der Waals surface area contributed by atoms with Gasteiger partial charge in [0.1, 0.15) is 0 Å². The third-order valence-electron chi connectivity index (χ3n) is 14.7. The Morgan fingerprint density at radius 1 is 0.312 bits per heavy atom. The molecule has 4 heterocycles. The molecule has 0 spiro atoms. The Morgan fingerprint density at radius 3 is 1.25 bits per heavy atom. The van der Waals surface area contributed by atoms with Crippen LogP contribution in [0, 0.1) is 0 Å². The lowest BCUT2D eigenvalue weighted by Gasteiger charge is -2.31. The first kappa shape index (κ1) is 35.8. The maximum atomic E-state index is 4.06. The third-order valence-corrected chi connectivity index (χ3v) is 24.4. The number of aromatic amines is 1. The number of benzene rings is 10. The number of hydrogen-bond acceptors (Lipinski definition) is 0. The second-order valence-electron chi connectivity index (χ2n) is 17.6. The summed E-state index contributed by atoms with van der Waals surface area (Å²) in [5.41, 5.74) is 11.4. The third kappa shape index (κ3) is 4.58. The van der Waals surface area contributed by atoms with Crippen molar-refractivity contribution in [3.05, 3.63) is 237 Å². The number of nitrogens with one attached hydrogen (secondary N) is 1. The highest BCUT2D eigenvalue weighted by molar-refractivity contribution is 7.23. The van der Waals surface area contributed by atoms with Crippen LogP contribution < -0.4 is 41.5 Å². The molecule has 0 atom stereocenters. The molecule has 2 aromatic heterocycles. The van der Waals surface area contributed by atoms with Crippen molar-refractivity contribution in [1.29, 1.82) is 0 Å². The van der Waals surface area contributed by atoms with Crippen LogP contribution in [0.5, 0.6) is 0 Å². The lowest BCUT2D eigenvalue weighted by molar-refractivity contribution is 1.18. The minimum Gasteiger partial charge on any atom is -0.354 e. The van der Waals surface area contributed by atoms with E-state index >= 15 is 0 Å². The largest absolute Gasteiger partial charge is 0.354 e. The van der Waals surface area contributed by atoms with Crippen molar-refractivity contribution in [3.8, 4) is 27.9 Å². The molecule has 64 heavy (non-hydrogen) atoms. The molecular weight excluding hydrogens is 805 g/mol. The molecule has 0 fully saturated rings. The highest BCUT2D eigenvalue weighted by Crippen LogP contribution is 2.40. The Hall–Kier alpha value is -7.77. The molecule has 0 radical (unpaired) electrons. The fourth-order valence-electron chi connectivity index (χ4n) is 12.2. The zero-order valence-electron chi connectivity index (χ0n) is 35.0. The summed E-state index contributed by atoms with van der Waals surface area (Å²) in [6.07, 6.45) is 0. The Morgan fingerprint density at radius 2 is 0.734 bits per heavy atom. The fourth-order valence-corrected chi connectivity index (χ4v) is 22.6. The van der Waals surface area contributed by atoms with Gasteiger partial charge in [-0.15, -0.1) is 0 Å². The molecule has 2 nitrogen and oxygen atoms in total. The van der Waals surface area contributed by atoms with Gasteiger partial charge >= 0.3 is 0 Å². The summed E-state index contributed by atoms with van der Waals surface area (Å²) >= 11 is 0. The zero-order valence-corrected chi connectivity index (χ0v) is 37.0. The van der Waals surface area contributed by atoms with Gasteiger partial charge in [0, 0.05) is 32.7 Å². The summed E-state index contributed by atoms with van der Waals surface area (Å²) in [7, 11) is -5.41. The molecular formula is C60H40N2Si2. The molecule has 0 aliphatic carbocycles. The van der Waals surface area contributed by atoms with Crippen molar-refractivity contribution < 1.29 is 0 Å². The second kappa shape index (κ2) is 13.4. The lowest BCUT2D eigenvalue weighted by Crippen LogP contribution is -2.72. The van der Waals surface area contributed by atoms with Crippen molar-refractivity contribution >= 4 is 101 Å². The summed E-state index contributed by atoms with van der Waals surface area (Å²) < 4.78 is 2.47. The Bertz CT molecular complexity index is 3760. The SMILES string of the molecule is c1ccc(-n2c3ccc([Si]4(c5ccccc5)c5ccccc5-c5ccccc54)cc3c3c4[nH]c5ccc([Si]6(c7ccccc7)c7ccccc7-c7ccccc76)cc5c4ccc32)cc1. The van der Waals surface area contributed by atoms with Crippen molar-refractivity contribution in [2.24, 2.45) is 0 Å². The second-order valence-corrected chi connectivity index (χ2v) is 25.0. The van der Waals surface area contributed by atoms with Gasteiger partial charge in [-0.1, -0.05) is 206 Å². The van der Waals surface area contributed by atoms with E-state index in [0.717, 1.165) is 11.2 Å². The van der Waals surface area contributed by atoms with Crippen LogP contribution in [0.3, 0.4) is 0 Å². The predicted octanol–water partition coefficient (Wildman–Crippen LogP) is 9.13. The fraction of sp³-hybridized carbons (Fsp3) is 0. The van der Waals surface area contributed by atoms with Crippen LogP contribution in [-0.2, 0) is 0 Å². The van der Waals surface area contributed by atoms with Crippen molar-refractivity contribution in [2.75, 3.05) is 0 Å². The number of para-hydroxylation sites is 1. The van der Waals surface area contributed by atoms with E-state index in [1.54, 1.807) is 0 Å². The molecule has 298 valence electrons. The highest BCUT2D eigenvalue weighted by Gasteiger charge is 2.50. The molecule has 0 amide bonds. The molecule has 2 aliphatic heterocycles. The summed E-state index contributed by atoms with van der Waals surface area (Å²) in [6, 6.07) is 89.8. The van der Waals surface area contributed by atoms with Gasteiger partial charge in [-0.3, -0.25) is 0 Å². The highest BCUT2D eigenvalue weighted by atomic mass is 28.3. The smallest absolute Gasteiger partial charge is 0.180 e. The van der Waals surface area contributed by atoms with Crippen LogP contribution in [0.15, 0.2) is 237 Å². The first-order valence-corrected chi connectivity index (χ1v) is 26.3. The minimum atomic E-state index is -2.74. The quantitative estimate of drug-likeness (QED) is 0.167. The van der Waals surface area contributed by atoms with Crippen molar-refractivity contribution in [3.63, 3.8) is 0 Å². The van der Waals surface area contributed by atoms with Crippen LogP contribution in [-0.4, -0.2) is 25.7 Å². The van der Waals surface area contributed by atoms with Crippen LogP contribution in [0.1, 0.15) is 0 Å². The van der Waals surface area contributed by atoms with E-state index < -0.39 is 16.1 Å². The van der Waals surface area contributed by atoms with Gasteiger partial charge in [0.2, 0.25) is 0 Å². The van der Waals surface area contributed by atoms with Gasteiger partial charge in [0.15, 0.2) is 16.1 Å². The number of nitrogens with zero attached hydrogens (tertiary/aromatic N) is 1. The van der Waals surface area contributed by atoms with E-state index in [2.05, 4.69) is 246 Å². The monoisotopic (exact) mass is 844 g/mol. The molecule has 0 unspecified atom stereocenters. The van der Waals surface area contributed by atoms with E-state index in [0.29, 0.717) is 0 Å². The van der Waals surface area contributed by atoms with Gasteiger partial charge < -0.3 is 9.55 Å². The maximum Gasteiger partial charge on any atom is 0.180 e. The molecule has 4 heteroatoms. The van der Waals surface area contributed by atoms with Crippen LogP contribution in [0.2, 0.25) is 0 Å². The molecule has 2 aliphatic rings. The van der Waals surface area contributed by atoms with E-state index in [9.17, 15) is 0 Å². The summed E-state index contributed by atoms with van der Waals surface area (Å²) in [4.78, 5) is 4.06. The average molecular weight is 845 g/mol.